The molecular weight excluding hydrogens is 481 g/mol. The molecule has 0 radical (unpaired) electrons. The van der Waals surface area contributed by atoms with Crippen molar-refractivity contribution in [1.29, 1.82) is 0 Å². The molecule has 0 amide bonds. The second kappa shape index (κ2) is 19.2. The Balaban J connectivity index is 3.23. The molecule has 8 nitrogen and oxygen atoms in total. The first-order chi connectivity index (χ1) is 15.6. The van der Waals surface area contributed by atoms with Gasteiger partial charge in [0.1, 0.15) is 0 Å². The van der Waals surface area contributed by atoms with E-state index in [2.05, 4.69) is 69.6 Å². The first kappa shape index (κ1) is 31.0. The van der Waals surface area contributed by atoms with Crippen molar-refractivity contribution in [3.8, 4) is 0 Å². The molecule has 3 atom stereocenters. The van der Waals surface area contributed by atoms with Crippen molar-refractivity contribution >= 4 is 41.3 Å². The topological polar surface area (TPSA) is 79.0 Å². The van der Waals surface area contributed by atoms with Crippen LogP contribution in [0.1, 0.15) is 98.8 Å². The zero-order valence-electron chi connectivity index (χ0n) is 21.0. The van der Waals surface area contributed by atoms with Crippen LogP contribution in [0.25, 0.3) is 0 Å². The highest BCUT2D eigenvalue weighted by Gasteiger charge is 2.59. The monoisotopic (exact) mass is 529 g/mol. The zero-order chi connectivity index (χ0) is 23.7. The fourth-order valence-corrected chi connectivity index (χ4v) is 12.9. The van der Waals surface area contributed by atoms with E-state index in [-0.39, 0.29) is 0 Å². The van der Waals surface area contributed by atoms with E-state index < -0.39 is 23.8 Å². The van der Waals surface area contributed by atoms with Crippen molar-refractivity contribution in [2.45, 2.75) is 98.8 Å². The molecule has 1 fully saturated rings. The van der Waals surface area contributed by atoms with Crippen LogP contribution in [-0.2, 0) is 0 Å². The molecule has 0 bridgehead atoms. The Hall–Kier alpha value is 0.970. The first-order valence-corrected chi connectivity index (χ1v) is 17.8. The summed E-state index contributed by atoms with van der Waals surface area (Å²) in [5, 5.41) is 7.60. The average molecular weight is 530 g/mol. The lowest BCUT2D eigenvalue weighted by molar-refractivity contribution is 0.410. The standard InChI is InChI=1S/C20H49ClN8P3/c1-6-11-16-22-28-30(24-18-13-8-3)27-32(21,26-20-15-10-5)29(23-17-12-7-2)31(28)25-19-14-9-4/h20,22-25,27H,6-19H2,1-5H3/q+1. The molecule has 0 aromatic rings. The van der Waals surface area contributed by atoms with Gasteiger partial charge in [0.25, 0.3) is 0 Å². The van der Waals surface area contributed by atoms with Gasteiger partial charge in [-0.15, -0.1) is 4.55 Å². The number of rotatable bonds is 19. The van der Waals surface area contributed by atoms with E-state index in [9.17, 15) is 0 Å². The molecule has 0 aliphatic carbocycles. The van der Waals surface area contributed by atoms with Gasteiger partial charge in [0.2, 0.25) is 0 Å². The van der Waals surface area contributed by atoms with E-state index in [0.29, 0.717) is 0 Å². The fourth-order valence-electron chi connectivity index (χ4n) is 2.82. The molecule has 1 saturated heterocycles. The van der Waals surface area contributed by atoms with E-state index in [1.807, 2.05) is 6.21 Å². The second-order valence-corrected chi connectivity index (χ2v) is 15.5. The Morgan fingerprint density at radius 1 is 0.812 bits per heavy atom. The summed E-state index contributed by atoms with van der Waals surface area (Å²) in [6.07, 6.45) is 13.2. The quantitative estimate of drug-likeness (QED) is 0.0713. The number of nitrogens with one attached hydrogen (secondary N) is 5. The van der Waals surface area contributed by atoms with Crippen LogP contribution in [0.4, 0.5) is 0 Å². The number of hydrazine groups is 2. The first-order valence-electron chi connectivity index (χ1n) is 12.6. The highest BCUT2D eigenvalue weighted by molar-refractivity contribution is 8.04. The fraction of sp³-hybridized carbons (Fsp3) is 0.950. The Bertz CT molecular complexity index is 494. The van der Waals surface area contributed by atoms with Gasteiger partial charge in [0, 0.05) is 32.4 Å². The third-order valence-corrected chi connectivity index (χ3v) is 14.3. The number of hydrogen-bond acceptors (Lipinski definition) is 8. The third-order valence-electron chi connectivity index (χ3n) is 4.82. The Labute approximate surface area is 205 Å². The van der Waals surface area contributed by atoms with Crippen LogP contribution in [-0.4, -0.2) is 41.5 Å². The van der Waals surface area contributed by atoms with E-state index in [1.54, 1.807) is 0 Å². The van der Waals surface area contributed by atoms with E-state index in [0.717, 1.165) is 71.1 Å². The van der Waals surface area contributed by atoms with Gasteiger partial charge in [0.05, 0.1) is 0 Å². The molecule has 0 aromatic heterocycles. The largest absolute Gasteiger partial charge is 0.399 e. The molecule has 3 unspecified atom stereocenters. The van der Waals surface area contributed by atoms with Crippen molar-refractivity contribution < 1.29 is 0 Å². The SMILES string of the molecule is CCCC=N[P+]1(Cl)NP(NCCCC)N(NCCCC)P(NCCCC)N1NCCCC. The lowest BCUT2D eigenvalue weighted by Gasteiger charge is -2.46. The lowest BCUT2D eigenvalue weighted by atomic mass is 10.3. The molecule has 1 aliphatic rings. The third kappa shape index (κ3) is 11.1. The van der Waals surface area contributed by atoms with Gasteiger partial charge in [-0.2, -0.15) is 0 Å². The molecular formula is C20H49ClN8P3+. The normalized spacial score (nSPS) is 25.2. The summed E-state index contributed by atoms with van der Waals surface area (Å²) >= 11 is 7.36. The minimum absolute atomic E-state index is 0.867. The maximum atomic E-state index is 7.36. The molecule has 0 aromatic carbocycles. The van der Waals surface area contributed by atoms with Gasteiger partial charge in [0.15, 0.2) is 28.0 Å². The van der Waals surface area contributed by atoms with Crippen LogP contribution >= 0.6 is 35.1 Å². The van der Waals surface area contributed by atoms with Gasteiger partial charge in [-0.25, -0.2) is 10.9 Å². The highest BCUT2D eigenvalue weighted by atomic mass is 35.7. The van der Waals surface area contributed by atoms with Crippen LogP contribution in [0.15, 0.2) is 4.76 Å². The maximum Gasteiger partial charge on any atom is 0.399 e. The summed E-state index contributed by atoms with van der Waals surface area (Å²) in [6.45, 7) is 14.9. The highest BCUT2D eigenvalue weighted by Crippen LogP contribution is 2.79. The molecule has 12 heteroatoms. The van der Waals surface area contributed by atoms with Crippen molar-refractivity contribution in [3.05, 3.63) is 0 Å². The summed E-state index contributed by atoms with van der Waals surface area (Å²) < 4.78 is 9.58. The number of nitrogens with zero attached hydrogens (tertiary/aromatic N) is 3. The summed E-state index contributed by atoms with van der Waals surface area (Å²) in [4.78, 5) is 3.76. The predicted octanol–water partition coefficient (Wildman–Crippen LogP) is 6.82. The van der Waals surface area contributed by atoms with Crippen LogP contribution in [0.5, 0.6) is 0 Å². The van der Waals surface area contributed by atoms with Gasteiger partial charge < -0.3 is 0 Å². The predicted molar refractivity (Wildman–Crippen MR) is 148 cm³/mol. The average Bonchev–Trinajstić information content (AvgIpc) is 2.78. The number of halogens is 1. The van der Waals surface area contributed by atoms with Crippen molar-refractivity contribution in [2.75, 3.05) is 26.2 Å². The smallest absolute Gasteiger partial charge is 0.267 e. The molecule has 190 valence electrons. The number of unbranched alkanes of at least 4 members (excludes halogenated alkanes) is 5. The van der Waals surface area contributed by atoms with Crippen LogP contribution in [0.2, 0.25) is 0 Å². The van der Waals surface area contributed by atoms with Crippen molar-refractivity contribution in [3.63, 3.8) is 0 Å². The van der Waals surface area contributed by atoms with E-state index >= 15 is 0 Å². The summed E-state index contributed by atoms with van der Waals surface area (Å²) in [5.74, 6) is 0. The molecule has 1 aliphatic heterocycles. The van der Waals surface area contributed by atoms with E-state index in [1.165, 1.54) is 19.3 Å². The zero-order valence-corrected chi connectivity index (χ0v) is 24.5. The summed E-state index contributed by atoms with van der Waals surface area (Å²) in [7, 11) is -4.24. The van der Waals surface area contributed by atoms with E-state index in [4.69, 9.17) is 16.0 Å². The maximum absolute atomic E-state index is 7.36. The molecule has 5 N–H and O–H groups in total. The van der Waals surface area contributed by atoms with Gasteiger partial charge in [-0.05, 0) is 36.7 Å². The summed E-state index contributed by atoms with van der Waals surface area (Å²) in [6, 6.07) is 0. The lowest BCUT2D eigenvalue weighted by Crippen LogP contribution is -2.52. The number of hydrogen-bond donors (Lipinski definition) is 5. The van der Waals surface area contributed by atoms with Crippen LogP contribution < -0.4 is 25.9 Å². The molecule has 32 heavy (non-hydrogen) atoms. The second-order valence-electron chi connectivity index (χ2n) is 7.94. The van der Waals surface area contributed by atoms with Crippen molar-refractivity contribution in [1.82, 2.24) is 35.0 Å². The van der Waals surface area contributed by atoms with Crippen molar-refractivity contribution in [2.24, 2.45) is 4.76 Å². The molecule has 0 spiro atoms. The Kier molecular flexibility index (Phi) is 18.6. The summed E-state index contributed by atoms with van der Waals surface area (Å²) in [5.41, 5.74) is 7.40. The van der Waals surface area contributed by atoms with Crippen LogP contribution in [0.3, 0.4) is 0 Å². The Morgan fingerprint density at radius 2 is 1.38 bits per heavy atom. The van der Waals surface area contributed by atoms with Gasteiger partial charge >= 0.3 is 7.07 Å². The minimum atomic E-state index is -2.46. The van der Waals surface area contributed by atoms with Gasteiger partial charge in [-0.1, -0.05) is 76.3 Å². The Morgan fingerprint density at radius 3 is 1.97 bits per heavy atom. The molecule has 0 saturated carbocycles. The molecule has 1 heterocycles. The minimum Gasteiger partial charge on any atom is -0.267 e. The van der Waals surface area contributed by atoms with Gasteiger partial charge in [-0.3, -0.25) is 10.2 Å². The molecule has 1 rings (SSSR count). The van der Waals surface area contributed by atoms with Crippen LogP contribution in [0, 0.1) is 0 Å².